The third-order valence-electron chi connectivity index (χ3n) is 4.19. The zero-order chi connectivity index (χ0) is 17.1. The van der Waals surface area contributed by atoms with Crippen LogP contribution in [0.4, 0.5) is 4.39 Å². The first-order valence-electron chi connectivity index (χ1n) is 7.88. The van der Waals surface area contributed by atoms with Crippen LogP contribution in [0, 0.1) is 5.82 Å². The molecule has 2 N–H and O–H groups in total. The lowest BCUT2D eigenvalue weighted by Crippen LogP contribution is -2.45. The van der Waals surface area contributed by atoms with Gasteiger partial charge in [-0.15, -0.1) is 10.2 Å². The van der Waals surface area contributed by atoms with Gasteiger partial charge in [0.2, 0.25) is 5.91 Å². The van der Waals surface area contributed by atoms with E-state index in [1.807, 2.05) is 16.4 Å². The van der Waals surface area contributed by atoms with E-state index in [1.165, 1.54) is 12.1 Å². The summed E-state index contributed by atoms with van der Waals surface area (Å²) in [6.45, 7) is 4.20. The first kappa shape index (κ1) is 16.5. The fraction of sp³-hybridized carbons (Fsp3) is 0.438. The van der Waals surface area contributed by atoms with Crippen LogP contribution in [0.3, 0.4) is 0 Å². The zero-order valence-electron chi connectivity index (χ0n) is 13.4. The first-order valence-corrected chi connectivity index (χ1v) is 7.88. The molecule has 0 bridgehead atoms. The van der Waals surface area contributed by atoms with Gasteiger partial charge in [-0.3, -0.25) is 9.69 Å². The number of rotatable bonds is 5. The monoisotopic (exact) mass is 333 g/mol. The van der Waals surface area contributed by atoms with Gasteiger partial charge in [0.25, 0.3) is 0 Å². The molecule has 24 heavy (non-hydrogen) atoms. The van der Waals surface area contributed by atoms with Crippen LogP contribution < -0.4 is 5.73 Å². The summed E-state index contributed by atoms with van der Waals surface area (Å²) >= 11 is 0. The topological polar surface area (TPSA) is 86.3 Å². The fourth-order valence-corrected chi connectivity index (χ4v) is 3.02. The molecule has 2 heterocycles. The third kappa shape index (κ3) is 3.29. The highest BCUT2D eigenvalue weighted by Crippen LogP contribution is 2.28. The average molecular weight is 333 g/mol. The van der Waals surface area contributed by atoms with Crippen molar-refractivity contribution in [2.75, 3.05) is 19.7 Å². The van der Waals surface area contributed by atoms with Crippen molar-refractivity contribution in [2.45, 2.75) is 25.6 Å². The van der Waals surface area contributed by atoms with E-state index in [0.29, 0.717) is 25.3 Å². The summed E-state index contributed by atoms with van der Waals surface area (Å²) in [7, 11) is 0. The molecule has 0 saturated carbocycles. The fourth-order valence-electron chi connectivity index (χ4n) is 3.02. The maximum atomic E-state index is 13.2. The second-order valence-corrected chi connectivity index (χ2v) is 5.69. The Hall–Kier alpha value is -2.32. The van der Waals surface area contributed by atoms with Gasteiger partial charge in [0.1, 0.15) is 24.3 Å². The highest BCUT2D eigenvalue weighted by Gasteiger charge is 2.33. The van der Waals surface area contributed by atoms with Gasteiger partial charge in [0, 0.05) is 19.6 Å². The molecule has 1 saturated heterocycles. The summed E-state index contributed by atoms with van der Waals surface area (Å²) in [5.41, 5.74) is 6.28. The number of aryl methyl sites for hydroxylation is 1. The zero-order valence-corrected chi connectivity index (χ0v) is 13.4. The minimum Gasteiger partial charge on any atom is -0.368 e. The number of nitrogens with two attached hydrogens (primary N) is 1. The third-order valence-corrected chi connectivity index (χ3v) is 4.19. The smallest absolute Gasteiger partial charge is 0.239 e. The number of primary amides is 1. The molecule has 128 valence electrons. The molecule has 0 radical (unpaired) electrons. The number of morpholine rings is 1. The largest absolute Gasteiger partial charge is 0.368 e. The molecule has 1 aliphatic rings. The van der Waals surface area contributed by atoms with E-state index in [-0.39, 0.29) is 11.9 Å². The Bertz CT molecular complexity index is 703. The van der Waals surface area contributed by atoms with Gasteiger partial charge in [-0.25, -0.2) is 4.39 Å². The number of amides is 1. The molecule has 0 unspecified atom stereocenters. The standard InChI is InChI=1S/C16H20FN5O2/c1-2-21-10-19-20-16(21)13-9-22(7-8-24-13)14(15(18)23)11-3-5-12(17)6-4-11/h3-6,10,13-14H,2,7-9H2,1H3,(H2,18,23)/t13-,14+/m0/s1. The lowest BCUT2D eigenvalue weighted by molar-refractivity contribution is -0.127. The van der Waals surface area contributed by atoms with Crippen molar-refractivity contribution < 1.29 is 13.9 Å². The summed E-state index contributed by atoms with van der Waals surface area (Å²) in [4.78, 5) is 14.0. The van der Waals surface area contributed by atoms with Crippen LogP contribution in [-0.2, 0) is 16.1 Å². The molecule has 1 amide bonds. The number of halogens is 1. The summed E-state index contributed by atoms with van der Waals surface area (Å²) < 4.78 is 20.9. The van der Waals surface area contributed by atoms with Crippen molar-refractivity contribution in [2.24, 2.45) is 5.73 Å². The number of carbonyl (C=O) groups is 1. The van der Waals surface area contributed by atoms with E-state index in [1.54, 1.807) is 18.5 Å². The van der Waals surface area contributed by atoms with Crippen LogP contribution in [0.25, 0.3) is 0 Å². The maximum absolute atomic E-state index is 13.2. The van der Waals surface area contributed by atoms with E-state index >= 15 is 0 Å². The van der Waals surface area contributed by atoms with Crippen molar-refractivity contribution in [3.05, 3.63) is 47.8 Å². The van der Waals surface area contributed by atoms with Gasteiger partial charge in [0.05, 0.1) is 6.61 Å². The van der Waals surface area contributed by atoms with Crippen LogP contribution in [0.15, 0.2) is 30.6 Å². The Kier molecular flexibility index (Phi) is 4.86. The van der Waals surface area contributed by atoms with Crippen molar-refractivity contribution in [3.63, 3.8) is 0 Å². The molecular weight excluding hydrogens is 313 g/mol. The number of nitrogens with zero attached hydrogens (tertiary/aromatic N) is 4. The second-order valence-electron chi connectivity index (χ2n) is 5.69. The van der Waals surface area contributed by atoms with Gasteiger partial charge in [0.15, 0.2) is 5.82 Å². The van der Waals surface area contributed by atoms with E-state index < -0.39 is 11.9 Å². The molecule has 2 atom stereocenters. The van der Waals surface area contributed by atoms with Gasteiger partial charge in [-0.1, -0.05) is 12.1 Å². The lowest BCUT2D eigenvalue weighted by Gasteiger charge is -2.36. The minimum atomic E-state index is -0.630. The van der Waals surface area contributed by atoms with Crippen LogP contribution in [0.2, 0.25) is 0 Å². The predicted octanol–water partition coefficient (Wildman–Crippen LogP) is 1.04. The van der Waals surface area contributed by atoms with E-state index in [9.17, 15) is 9.18 Å². The highest BCUT2D eigenvalue weighted by atomic mass is 19.1. The number of hydrogen-bond donors (Lipinski definition) is 1. The molecule has 7 nitrogen and oxygen atoms in total. The summed E-state index contributed by atoms with van der Waals surface area (Å²) in [5.74, 6) is -0.0957. The molecule has 8 heteroatoms. The van der Waals surface area contributed by atoms with E-state index in [4.69, 9.17) is 10.5 Å². The maximum Gasteiger partial charge on any atom is 0.239 e. The molecule has 1 fully saturated rings. The number of carbonyl (C=O) groups excluding carboxylic acids is 1. The van der Waals surface area contributed by atoms with Crippen LogP contribution >= 0.6 is 0 Å². The average Bonchev–Trinajstić information content (AvgIpc) is 3.05. The molecule has 0 spiro atoms. The second kappa shape index (κ2) is 7.06. The quantitative estimate of drug-likeness (QED) is 0.883. The predicted molar refractivity (Wildman–Crippen MR) is 84.3 cm³/mol. The molecule has 1 aliphatic heterocycles. The van der Waals surface area contributed by atoms with Gasteiger partial charge in [-0.2, -0.15) is 0 Å². The molecule has 0 aliphatic carbocycles. The van der Waals surface area contributed by atoms with Crippen molar-refractivity contribution in [1.29, 1.82) is 0 Å². The van der Waals surface area contributed by atoms with Crippen LogP contribution in [0.1, 0.15) is 30.5 Å². The first-order chi connectivity index (χ1) is 11.6. The van der Waals surface area contributed by atoms with Gasteiger partial charge >= 0.3 is 0 Å². The van der Waals surface area contributed by atoms with Crippen molar-refractivity contribution >= 4 is 5.91 Å². The Morgan fingerprint density at radius 3 is 2.88 bits per heavy atom. The van der Waals surface area contributed by atoms with E-state index in [2.05, 4.69) is 10.2 Å². The molecular formula is C16H20FN5O2. The number of aromatic nitrogens is 3. The molecule has 2 aromatic rings. The summed E-state index contributed by atoms with van der Waals surface area (Å²) in [6.07, 6.45) is 1.37. The Balaban J connectivity index is 1.83. The summed E-state index contributed by atoms with van der Waals surface area (Å²) in [5, 5.41) is 8.05. The molecule has 1 aromatic heterocycles. The Morgan fingerprint density at radius 1 is 1.46 bits per heavy atom. The van der Waals surface area contributed by atoms with Crippen LogP contribution in [0.5, 0.6) is 0 Å². The van der Waals surface area contributed by atoms with Crippen molar-refractivity contribution in [1.82, 2.24) is 19.7 Å². The van der Waals surface area contributed by atoms with Crippen molar-refractivity contribution in [3.8, 4) is 0 Å². The Morgan fingerprint density at radius 2 is 2.21 bits per heavy atom. The minimum absolute atomic E-state index is 0.288. The molecule has 3 rings (SSSR count). The normalized spacial score (nSPS) is 20.0. The van der Waals surface area contributed by atoms with Gasteiger partial charge < -0.3 is 15.0 Å². The van der Waals surface area contributed by atoms with Gasteiger partial charge in [-0.05, 0) is 24.6 Å². The molecule has 1 aromatic carbocycles. The number of ether oxygens (including phenoxy) is 1. The Labute approximate surface area is 139 Å². The highest BCUT2D eigenvalue weighted by molar-refractivity contribution is 5.81. The van der Waals surface area contributed by atoms with Crippen LogP contribution in [-0.4, -0.2) is 45.3 Å². The SMILES string of the molecule is CCn1cnnc1[C@@H]1CN([C@@H](C(N)=O)c2ccc(F)cc2)CCO1. The van der Waals surface area contributed by atoms with E-state index in [0.717, 1.165) is 12.4 Å². The lowest BCUT2D eigenvalue weighted by atomic mass is 10.0. The number of benzene rings is 1. The summed E-state index contributed by atoms with van der Waals surface area (Å²) in [6, 6.07) is 5.21. The number of hydrogen-bond acceptors (Lipinski definition) is 5.